The standard InChI is InChI=1S/C30H36ClN3O3S2/c1-2-38-24-7-5-6-23(20-24)27-21-32-29(39-27)33-15-10-30(11-16-33,34-13-3-4-14-34)12-17-37-26-18-22(19-28(35)36)8-9-25(26)31/h5-9,18,20-21H,2-4,10-17,19H2,1H3,(H,35,36). The number of piperidine rings is 1. The minimum Gasteiger partial charge on any atom is -0.492 e. The van der Waals surface area contributed by atoms with Crippen LogP contribution in [0.4, 0.5) is 5.13 Å². The Hall–Kier alpha value is -2.26. The van der Waals surface area contributed by atoms with Crippen molar-refractivity contribution in [3.05, 3.63) is 59.2 Å². The van der Waals surface area contributed by atoms with Crippen LogP contribution in [0.1, 0.15) is 44.6 Å². The topological polar surface area (TPSA) is 65.9 Å². The summed E-state index contributed by atoms with van der Waals surface area (Å²) < 4.78 is 6.16. The first kappa shape index (κ1) is 28.3. The Morgan fingerprint density at radius 3 is 2.69 bits per heavy atom. The summed E-state index contributed by atoms with van der Waals surface area (Å²) in [6.07, 6.45) is 7.55. The highest BCUT2D eigenvalue weighted by Crippen LogP contribution is 2.39. The van der Waals surface area contributed by atoms with Gasteiger partial charge in [0.1, 0.15) is 5.75 Å². The van der Waals surface area contributed by atoms with Crippen molar-refractivity contribution >= 4 is 45.8 Å². The van der Waals surface area contributed by atoms with Crippen LogP contribution in [0.2, 0.25) is 5.02 Å². The maximum Gasteiger partial charge on any atom is 0.307 e. The summed E-state index contributed by atoms with van der Waals surface area (Å²) in [7, 11) is 0. The summed E-state index contributed by atoms with van der Waals surface area (Å²) in [6, 6.07) is 14.0. The summed E-state index contributed by atoms with van der Waals surface area (Å²) in [5, 5.41) is 10.8. The van der Waals surface area contributed by atoms with E-state index in [-0.39, 0.29) is 12.0 Å². The second kappa shape index (κ2) is 12.9. The molecule has 0 aliphatic carbocycles. The molecule has 5 rings (SSSR count). The van der Waals surface area contributed by atoms with Gasteiger partial charge >= 0.3 is 5.97 Å². The fraction of sp³-hybridized carbons (Fsp3) is 0.467. The van der Waals surface area contributed by atoms with Gasteiger partial charge in [0.05, 0.1) is 22.9 Å². The van der Waals surface area contributed by atoms with Crippen LogP contribution >= 0.6 is 34.7 Å². The fourth-order valence-corrected chi connectivity index (χ4v) is 7.63. The van der Waals surface area contributed by atoms with Crippen molar-refractivity contribution in [1.82, 2.24) is 9.88 Å². The molecule has 2 aliphatic rings. The van der Waals surface area contributed by atoms with E-state index in [1.54, 1.807) is 29.5 Å². The zero-order valence-corrected chi connectivity index (χ0v) is 24.8. The van der Waals surface area contributed by atoms with E-state index in [4.69, 9.17) is 26.4 Å². The van der Waals surface area contributed by atoms with Gasteiger partial charge < -0.3 is 14.7 Å². The molecule has 3 heterocycles. The fourth-order valence-electron chi connectivity index (χ4n) is 5.77. The lowest BCUT2D eigenvalue weighted by Gasteiger charge is -2.47. The Morgan fingerprint density at radius 2 is 1.95 bits per heavy atom. The Kier molecular flexibility index (Phi) is 9.38. The van der Waals surface area contributed by atoms with Gasteiger partial charge in [-0.3, -0.25) is 9.69 Å². The van der Waals surface area contributed by atoms with Crippen LogP contribution in [-0.4, -0.2) is 65.0 Å². The Balaban J connectivity index is 1.23. The van der Waals surface area contributed by atoms with Crippen molar-refractivity contribution < 1.29 is 14.6 Å². The smallest absolute Gasteiger partial charge is 0.307 e. The van der Waals surface area contributed by atoms with E-state index >= 15 is 0 Å². The number of hydrogen-bond acceptors (Lipinski definition) is 7. The number of ether oxygens (including phenoxy) is 1. The lowest BCUT2D eigenvalue weighted by Crippen LogP contribution is -2.55. The van der Waals surface area contributed by atoms with Gasteiger partial charge in [-0.1, -0.05) is 48.1 Å². The summed E-state index contributed by atoms with van der Waals surface area (Å²) in [4.78, 5) is 23.6. The number of carboxylic acids is 1. The predicted molar refractivity (Wildman–Crippen MR) is 162 cm³/mol. The molecule has 2 fully saturated rings. The van der Waals surface area contributed by atoms with Crippen molar-refractivity contribution in [1.29, 1.82) is 0 Å². The van der Waals surface area contributed by atoms with E-state index in [9.17, 15) is 4.79 Å². The van der Waals surface area contributed by atoms with E-state index < -0.39 is 5.97 Å². The zero-order valence-electron chi connectivity index (χ0n) is 22.4. The quantitative estimate of drug-likeness (QED) is 0.241. The number of anilines is 1. The molecule has 0 unspecified atom stereocenters. The third-order valence-electron chi connectivity index (χ3n) is 7.84. The van der Waals surface area contributed by atoms with Gasteiger partial charge in [-0.25, -0.2) is 4.98 Å². The molecule has 2 saturated heterocycles. The van der Waals surface area contributed by atoms with Gasteiger partial charge in [0, 0.05) is 29.7 Å². The average Bonchev–Trinajstić information content (AvgIpc) is 3.65. The molecule has 3 aromatic rings. The van der Waals surface area contributed by atoms with E-state index in [1.165, 1.54) is 28.2 Å². The van der Waals surface area contributed by atoms with Gasteiger partial charge in [-0.2, -0.15) is 0 Å². The third kappa shape index (κ3) is 6.91. The number of thioether (sulfide) groups is 1. The summed E-state index contributed by atoms with van der Waals surface area (Å²) in [5.74, 6) is 0.777. The van der Waals surface area contributed by atoms with Gasteiger partial charge in [0.2, 0.25) is 0 Å². The number of carboxylic acid groups (broad SMARTS) is 1. The first-order valence-electron chi connectivity index (χ1n) is 13.8. The molecule has 1 N–H and O–H groups in total. The van der Waals surface area contributed by atoms with Gasteiger partial charge in [-0.15, -0.1) is 11.8 Å². The highest BCUT2D eigenvalue weighted by Gasteiger charge is 2.41. The lowest BCUT2D eigenvalue weighted by molar-refractivity contribution is -0.136. The van der Waals surface area contributed by atoms with E-state index in [2.05, 4.69) is 41.0 Å². The number of rotatable bonds is 11. The maximum atomic E-state index is 11.1. The molecule has 1 aromatic heterocycles. The molecule has 0 atom stereocenters. The number of likely N-dealkylation sites (tertiary alicyclic amines) is 1. The van der Waals surface area contributed by atoms with Gasteiger partial charge in [-0.05, 0) is 86.3 Å². The first-order chi connectivity index (χ1) is 19.0. The second-order valence-electron chi connectivity index (χ2n) is 10.3. The summed E-state index contributed by atoms with van der Waals surface area (Å²) in [6.45, 7) is 6.97. The molecule has 2 aliphatic heterocycles. The summed E-state index contributed by atoms with van der Waals surface area (Å²) >= 11 is 10.0. The molecule has 6 nitrogen and oxygen atoms in total. The Morgan fingerprint density at radius 1 is 1.15 bits per heavy atom. The van der Waals surface area contributed by atoms with Crippen molar-refractivity contribution in [2.24, 2.45) is 0 Å². The van der Waals surface area contributed by atoms with Crippen LogP contribution in [0.5, 0.6) is 5.75 Å². The lowest BCUT2D eigenvalue weighted by atomic mass is 9.83. The number of halogens is 1. The minimum absolute atomic E-state index is 0.0390. The van der Waals surface area contributed by atoms with Crippen molar-refractivity contribution in [2.45, 2.75) is 55.9 Å². The molecule has 208 valence electrons. The molecule has 0 saturated carbocycles. The minimum atomic E-state index is -0.862. The zero-order chi connectivity index (χ0) is 27.2. The van der Waals surface area contributed by atoms with Crippen LogP contribution in [0.15, 0.2) is 53.6 Å². The number of thiazole rings is 1. The van der Waals surface area contributed by atoms with Crippen molar-refractivity contribution in [2.75, 3.05) is 43.4 Å². The SMILES string of the molecule is CCSc1cccc(-c2cnc(N3CCC(CCOc4cc(CC(=O)O)ccc4Cl)(N4CCCC4)CC3)s2)c1. The van der Waals surface area contributed by atoms with E-state index in [0.29, 0.717) is 22.9 Å². The molecule has 2 aromatic carbocycles. The molecule has 0 spiro atoms. The Labute approximate surface area is 244 Å². The Bertz CT molecular complexity index is 1270. The highest BCUT2D eigenvalue weighted by molar-refractivity contribution is 7.99. The number of aromatic nitrogens is 1. The molecular formula is C30H36ClN3O3S2. The predicted octanol–water partition coefficient (Wildman–Crippen LogP) is 7.11. The van der Waals surface area contributed by atoms with Crippen LogP contribution in [-0.2, 0) is 11.2 Å². The maximum absolute atomic E-state index is 11.1. The summed E-state index contributed by atoms with van der Waals surface area (Å²) in [5.41, 5.74) is 2.04. The van der Waals surface area contributed by atoms with Crippen LogP contribution in [0.3, 0.4) is 0 Å². The van der Waals surface area contributed by atoms with Crippen LogP contribution < -0.4 is 9.64 Å². The normalized spacial score (nSPS) is 17.4. The van der Waals surface area contributed by atoms with Gasteiger partial charge in [0.15, 0.2) is 5.13 Å². The second-order valence-corrected chi connectivity index (χ2v) is 13.1. The molecule has 0 bridgehead atoms. The number of nitrogens with zero attached hydrogens (tertiary/aromatic N) is 3. The monoisotopic (exact) mass is 585 g/mol. The first-order valence-corrected chi connectivity index (χ1v) is 16.0. The molecule has 0 radical (unpaired) electrons. The number of hydrogen-bond donors (Lipinski definition) is 1. The molecule has 0 amide bonds. The van der Waals surface area contributed by atoms with Crippen molar-refractivity contribution in [3.8, 4) is 16.2 Å². The third-order valence-corrected chi connectivity index (χ3v) is 10.1. The number of aliphatic carboxylic acids is 1. The van der Waals surface area contributed by atoms with Gasteiger partial charge in [0.25, 0.3) is 0 Å². The van der Waals surface area contributed by atoms with Crippen LogP contribution in [0.25, 0.3) is 10.4 Å². The number of benzene rings is 2. The number of carbonyl (C=O) groups is 1. The van der Waals surface area contributed by atoms with Crippen LogP contribution in [0, 0.1) is 0 Å². The van der Waals surface area contributed by atoms with Crippen molar-refractivity contribution in [3.63, 3.8) is 0 Å². The molecule has 9 heteroatoms. The van der Waals surface area contributed by atoms with E-state index in [1.807, 2.05) is 18.0 Å². The molecule has 39 heavy (non-hydrogen) atoms. The van der Waals surface area contributed by atoms with E-state index in [0.717, 1.165) is 56.3 Å². The highest BCUT2D eigenvalue weighted by atomic mass is 35.5. The molecular weight excluding hydrogens is 550 g/mol. The largest absolute Gasteiger partial charge is 0.492 e. The average molecular weight is 586 g/mol.